The number of nitrogens with one attached hydrogen (secondary N) is 1. The van der Waals surface area contributed by atoms with Crippen molar-refractivity contribution in [3.05, 3.63) is 48.0 Å². The van der Waals surface area contributed by atoms with Gasteiger partial charge in [-0.3, -0.25) is 9.59 Å². The first-order valence-electron chi connectivity index (χ1n) is 6.43. The number of carbonyl (C=O) groups is 2. The van der Waals surface area contributed by atoms with Crippen LogP contribution in [0, 0.1) is 0 Å². The molecule has 1 rings (SSSR count). The van der Waals surface area contributed by atoms with Gasteiger partial charge < -0.3 is 15.3 Å². The molecule has 1 aromatic carbocycles. The van der Waals surface area contributed by atoms with E-state index >= 15 is 0 Å². The van der Waals surface area contributed by atoms with Gasteiger partial charge in [-0.15, -0.1) is 6.58 Å². The van der Waals surface area contributed by atoms with Gasteiger partial charge in [0.1, 0.15) is 0 Å². The Labute approximate surface area is 118 Å². The number of hydrogen-bond acceptors (Lipinski definition) is 3. The highest BCUT2D eigenvalue weighted by Gasteiger charge is 2.13. The predicted octanol–water partition coefficient (Wildman–Crippen LogP) is 0.943. The first kappa shape index (κ1) is 15.9. The fourth-order valence-corrected chi connectivity index (χ4v) is 1.73. The Kier molecular flexibility index (Phi) is 6.46. The Morgan fingerprint density at radius 3 is 2.50 bits per heavy atom. The summed E-state index contributed by atoms with van der Waals surface area (Å²) in [5.74, 6) is -0.240. The summed E-state index contributed by atoms with van der Waals surface area (Å²) in [6, 6.07) is 7.03. The van der Waals surface area contributed by atoms with Gasteiger partial charge >= 0.3 is 0 Å². The van der Waals surface area contributed by atoms with E-state index < -0.39 is 0 Å². The number of aliphatic hydroxyl groups is 1. The Morgan fingerprint density at radius 2 is 2.00 bits per heavy atom. The van der Waals surface area contributed by atoms with Crippen molar-refractivity contribution in [2.45, 2.75) is 13.5 Å². The molecule has 20 heavy (non-hydrogen) atoms. The summed E-state index contributed by atoms with van der Waals surface area (Å²) in [6.07, 6.45) is 1.62. The molecule has 0 radical (unpaired) electrons. The second kappa shape index (κ2) is 8.12. The average Bonchev–Trinajstić information content (AvgIpc) is 2.44. The second-order valence-corrected chi connectivity index (χ2v) is 4.37. The average molecular weight is 276 g/mol. The van der Waals surface area contributed by atoms with E-state index in [1.165, 1.54) is 11.8 Å². The van der Waals surface area contributed by atoms with Crippen LogP contribution in [0.2, 0.25) is 0 Å². The fourth-order valence-electron chi connectivity index (χ4n) is 1.73. The summed E-state index contributed by atoms with van der Waals surface area (Å²) < 4.78 is 0. The third-order valence-electron chi connectivity index (χ3n) is 2.75. The van der Waals surface area contributed by atoms with E-state index in [1.807, 2.05) is 0 Å². The van der Waals surface area contributed by atoms with Gasteiger partial charge in [0.05, 0.1) is 6.61 Å². The summed E-state index contributed by atoms with van der Waals surface area (Å²) in [5.41, 5.74) is 1.47. The molecule has 0 unspecified atom stereocenters. The van der Waals surface area contributed by atoms with Crippen LogP contribution in [0.3, 0.4) is 0 Å². The Hall–Kier alpha value is -2.14. The molecule has 108 valence electrons. The van der Waals surface area contributed by atoms with Crippen molar-refractivity contribution >= 4 is 11.8 Å². The minimum atomic E-state index is -0.148. The first-order valence-corrected chi connectivity index (χ1v) is 6.43. The maximum atomic E-state index is 12.2. The molecule has 0 spiro atoms. The van der Waals surface area contributed by atoms with Crippen molar-refractivity contribution in [2.75, 3.05) is 19.7 Å². The van der Waals surface area contributed by atoms with Gasteiger partial charge in [0.2, 0.25) is 5.91 Å². The highest BCUT2D eigenvalue weighted by molar-refractivity contribution is 5.94. The van der Waals surface area contributed by atoms with E-state index in [0.717, 1.165) is 5.56 Å². The molecule has 5 nitrogen and oxygen atoms in total. The number of aliphatic hydroxyl groups excluding tert-OH is 1. The smallest absolute Gasteiger partial charge is 0.254 e. The maximum absolute atomic E-state index is 12.2. The molecule has 0 aliphatic heterocycles. The van der Waals surface area contributed by atoms with Crippen molar-refractivity contribution in [3.8, 4) is 0 Å². The van der Waals surface area contributed by atoms with Crippen LogP contribution in [0.4, 0.5) is 0 Å². The quantitative estimate of drug-likeness (QED) is 0.728. The van der Waals surface area contributed by atoms with E-state index in [9.17, 15) is 9.59 Å². The highest BCUT2D eigenvalue weighted by Crippen LogP contribution is 2.08. The van der Waals surface area contributed by atoms with Crippen molar-refractivity contribution < 1.29 is 14.7 Å². The second-order valence-electron chi connectivity index (χ2n) is 4.37. The van der Waals surface area contributed by atoms with Gasteiger partial charge in [0, 0.05) is 32.1 Å². The molecule has 0 saturated carbocycles. The lowest BCUT2D eigenvalue weighted by Gasteiger charge is -2.20. The Bertz CT molecular complexity index is 469. The predicted molar refractivity (Wildman–Crippen MR) is 77.1 cm³/mol. The zero-order chi connectivity index (χ0) is 15.0. The van der Waals surface area contributed by atoms with Gasteiger partial charge in [-0.1, -0.05) is 18.2 Å². The molecule has 0 aliphatic rings. The molecule has 0 atom stereocenters. The van der Waals surface area contributed by atoms with Gasteiger partial charge in [0.15, 0.2) is 0 Å². The summed E-state index contributed by atoms with van der Waals surface area (Å²) >= 11 is 0. The van der Waals surface area contributed by atoms with Gasteiger partial charge in [-0.25, -0.2) is 0 Å². The van der Waals surface area contributed by atoms with Crippen molar-refractivity contribution in [1.82, 2.24) is 10.2 Å². The summed E-state index contributed by atoms with van der Waals surface area (Å²) in [4.78, 5) is 24.5. The first-order chi connectivity index (χ1) is 9.58. The number of nitrogens with zero attached hydrogens (tertiary/aromatic N) is 1. The van der Waals surface area contributed by atoms with Crippen molar-refractivity contribution in [2.24, 2.45) is 0 Å². The van der Waals surface area contributed by atoms with Crippen LogP contribution < -0.4 is 5.32 Å². The van der Waals surface area contributed by atoms with Crippen LogP contribution in [-0.2, 0) is 11.3 Å². The molecular formula is C15H20N2O3. The van der Waals surface area contributed by atoms with Crippen LogP contribution in [0.25, 0.3) is 0 Å². The van der Waals surface area contributed by atoms with E-state index in [1.54, 1.807) is 30.3 Å². The molecule has 2 N–H and O–H groups in total. The molecular weight excluding hydrogens is 256 g/mol. The van der Waals surface area contributed by atoms with E-state index in [0.29, 0.717) is 18.7 Å². The molecule has 2 amide bonds. The minimum Gasteiger partial charge on any atom is -0.395 e. The van der Waals surface area contributed by atoms with Crippen molar-refractivity contribution in [3.63, 3.8) is 0 Å². The number of benzene rings is 1. The SMILES string of the molecule is C=CCN(CCO)C(=O)c1ccc(CNC(C)=O)cc1. The largest absolute Gasteiger partial charge is 0.395 e. The summed E-state index contributed by atoms with van der Waals surface area (Å²) in [7, 11) is 0. The van der Waals surface area contributed by atoms with Crippen LogP contribution in [0.15, 0.2) is 36.9 Å². The van der Waals surface area contributed by atoms with E-state index in [4.69, 9.17) is 5.11 Å². The molecule has 1 aromatic rings. The summed E-state index contributed by atoms with van der Waals surface area (Å²) in [6.45, 7) is 6.09. The fraction of sp³-hybridized carbons (Fsp3) is 0.333. The molecule has 0 fully saturated rings. The lowest BCUT2D eigenvalue weighted by Crippen LogP contribution is -2.33. The van der Waals surface area contributed by atoms with Gasteiger partial charge in [-0.2, -0.15) is 0 Å². The van der Waals surface area contributed by atoms with Crippen LogP contribution >= 0.6 is 0 Å². The van der Waals surface area contributed by atoms with Gasteiger partial charge in [-0.05, 0) is 17.7 Å². The molecule has 0 bridgehead atoms. The maximum Gasteiger partial charge on any atom is 0.254 e. The van der Waals surface area contributed by atoms with Crippen LogP contribution in [-0.4, -0.2) is 41.5 Å². The van der Waals surface area contributed by atoms with E-state index in [2.05, 4.69) is 11.9 Å². The highest BCUT2D eigenvalue weighted by atomic mass is 16.3. The minimum absolute atomic E-state index is 0.0831. The van der Waals surface area contributed by atoms with Gasteiger partial charge in [0.25, 0.3) is 5.91 Å². The molecule has 0 heterocycles. The zero-order valence-electron chi connectivity index (χ0n) is 11.6. The normalized spacial score (nSPS) is 9.90. The molecule has 0 saturated heterocycles. The lowest BCUT2D eigenvalue weighted by molar-refractivity contribution is -0.119. The standard InChI is InChI=1S/C15H20N2O3/c1-3-8-17(9-10-18)15(20)14-6-4-13(5-7-14)11-16-12(2)19/h3-7,18H,1,8-11H2,2H3,(H,16,19). The number of rotatable bonds is 7. The third kappa shape index (κ3) is 4.85. The third-order valence-corrected chi connectivity index (χ3v) is 2.75. The zero-order valence-corrected chi connectivity index (χ0v) is 11.6. The van der Waals surface area contributed by atoms with E-state index in [-0.39, 0.29) is 25.0 Å². The topological polar surface area (TPSA) is 69.6 Å². The molecule has 0 aromatic heterocycles. The number of carbonyl (C=O) groups excluding carboxylic acids is 2. The van der Waals surface area contributed by atoms with Crippen molar-refractivity contribution in [1.29, 1.82) is 0 Å². The van der Waals surface area contributed by atoms with Crippen LogP contribution in [0.1, 0.15) is 22.8 Å². The summed E-state index contributed by atoms with van der Waals surface area (Å²) in [5, 5.41) is 11.7. The number of amides is 2. The monoisotopic (exact) mass is 276 g/mol. The number of hydrogen-bond donors (Lipinski definition) is 2. The molecule has 5 heteroatoms. The molecule has 0 aliphatic carbocycles. The Morgan fingerprint density at radius 1 is 1.35 bits per heavy atom. The lowest BCUT2D eigenvalue weighted by atomic mass is 10.1. The van der Waals surface area contributed by atoms with Crippen LogP contribution in [0.5, 0.6) is 0 Å². The Balaban J connectivity index is 2.72.